The van der Waals surface area contributed by atoms with Gasteiger partial charge in [-0.3, -0.25) is 9.59 Å². The number of hydrogen-bond acceptors (Lipinski definition) is 4. The van der Waals surface area contributed by atoms with Crippen LogP contribution in [0.3, 0.4) is 0 Å². The van der Waals surface area contributed by atoms with Crippen LogP contribution in [0, 0.1) is 5.41 Å². The summed E-state index contributed by atoms with van der Waals surface area (Å²) in [5.74, 6) is -0.383. The van der Waals surface area contributed by atoms with Gasteiger partial charge in [0.2, 0.25) is 0 Å². The number of aliphatic hydroxyl groups is 1. The fourth-order valence-corrected chi connectivity index (χ4v) is 2.61. The summed E-state index contributed by atoms with van der Waals surface area (Å²) in [6, 6.07) is 0. The van der Waals surface area contributed by atoms with Crippen molar-refractivity contribution in [1.82, 2.24) is 0 Å². The van der Waals surface area contributed by atoms with E-state index in [9.17, 15) is 14.7 Å². The minimum atomic E-state index is -1.31. The van der Waals surface area contributed by atoms with E-state index in [1.807, 2.05) is 0 Å². The number of fused-ring (bicyclic) bond motifs is 2. The Hall–Kier alpha value is -0.610. The predicted molar refractivity (Wildman–Crippen MR) is 52.5 cm³/mol. The second-order valence-electron chi connectivity index (χ2n) is 4.11. The fourth-order valence-electron chi connectivity index (χ4n) is 2.47. The Labute approximate surface area is 92.5 Å². The van der Waals surface area contributed by atoms with Crippen LogP contribution in [0.4, 0.5) is 0 Å². The van der Waals surface area contributed by atoms with Gasteiger partial charge in [0.15, 0.2) is 11.2 Å². The molecule has 0 amide bonds. The van der Waals surface area contributed by atoms with E-state index in [1.165, 1.54) is 0 Å². The van der Waals surface area contributed by atoms with E-state index in [4.69, 9.17) is 16.3 Å². The van der Waals surface area contributed by atoms with Gasteiger partial charge in [-0.05, 0) is 19.3 Å². The van der Waals surface area contributed by atoms with Crippen LogP contribution in [0.1, 0.15) is 25.7 Å². The maximum absolute atomic E-state index is 11.8. The number of hydrogen-bond donors (Lipinski definition) is 1. The number of rotatable bonds is 3. The van der Waals surface area contributed by atoms with Gasteiger partial charge in [-0.15, -0.1) is 11.6 Å². The predicted octanol–water partition coefficient (Wildman–Crippen LogP) is 0.641. The molecule has 1 N–H and O–H groups in total. The Morgan fingerprint density at radius 1 is 1.53 bits per heavy atom. The molecule has 0 aromatic rings. The number of carbonyl (C=O) groups excluding carboxylic acids is 2. The molecule has 2 rings (SSSR count). The molecule has 0 radical (unpaired) electrons. The molecule has 0 aromatic carbocycles. The van der Waals surface area contributed by atoms with Crippen molar-refractivity contribution in [2.45, 2.75) is 37.9 Å². The summed E-state index contributed by atoms with van der Waals surface area (Å²) >= 11 is 5.55. The highest BCUT2D eigenvalue weighted by atomic mass is 35.5. The molecule has 0 unspecified atom stereocenters. The summed E-state index contributed by atoms with van der Waals surface area (Å²) in [4.78, 5) is 23.5. The number of carbonyl (C=O) groups is 2. The molecule has 2 fully saturated rings. The molecular formula is C10H13ClO4. The Bertz CT molecular complexity index is 294. The van der Waals surface area contributed by atoms with Crippen LogP contribution in [0.15, 0.2) is 0 Å². The van der Waals surface area contributed by atoms with Crippen LogP contribution in [-0.2, 0) is 14.3 Å². The third-order valence-electron chi connectivity index (χ3n) is 3.34. The summed E-state index contributed by atoms with van der Waals surface area (Å²) < 4.78 is 5.02. The van der Waals surface area contributed by atoms with E-state index in [2.05, 4.69) is 0 Å². The van der Waals surface area contributed by atoms with Crippen molar-refractivity contribution >= 4 is 23.4 Å². The molecule has 1 heterocycles. The maximum Gasteiger partial charge on any atom is 0.322 e. The van der Waals surface area contributed by atoms with Gasteiger partial charge in [-0.25, -0.2) is 0 Å². The zero-order chi connectivity index (χ0) is 11.1. The number of esters is 1. The van der Waals surface area contributed by atoms with E-state index in [0.29, 0.717) is 31.6 Å². The van der Waals surface area contributed by atoms with Gasteiger partial charge in [0.25, 0.3) is 0 Å². The number of ether oxygens (including phenoxy) is 1. The van der Waals surface area contributed by atoms with E-state index in [1.54, 1.807) is 0 Å². The average molecular weight is 233 g/mol. The fraction of sp³-hybridized carbons (Fsp3) is 0.800. The third-order valence-corrected chi connectivity index (χ3v) is 3.61. The van der Waals surface area contributed by atoms with Crippen LogP contribution in [-0.4, -0.2) is 34.9 Å². The molecule has 1 aliphatic carbocycles. The molecule has 4 nitrogen and oxygen atoms in total. The molecular weight excluding hydrogens is 220 g/mol. The molecule has 5 heteroatoms. The lowest BCUT2D eigenvalue weighted by Crippen LogP contribution is -2.49. The Morgan fingerprint density at radius 2 is 2.27 bits per heavy atom. The highest BCUT2D eigenvalue weighted by molar-refractivity contribution is 6.17. The number of aliphatic hydroxyl groups excluding tert-OH is 1. The Balaban J connectivity index is 2.29. The van der Waals surface area contributed by atoms with Gasteiger partial charge in [0.05, 0.1) is 0 Å². The summed E-state index contributed by atoms with van der Waals surface area (Å²) in [6.45, 7) is 0. The zero-order valence-electron chi connectivity index (χ0n) is 8.24. The minimum absolute atomic E-state index is 0.195. The number of Topliss-reactive ketones (excluding diaryl/α,β-unsaturated/α-hetero) is 1. The SMILES string of the molecule is O=C1CC[C@@H]2OC(=O)[C@@]1(CCCCl)[C@@H]2O. The lowest BCUT2D eigenvalue weighted by molar-refractivity contribution is -0.153. The number of ketones is 1. The van der Waals surface area contributed by atoms with Crippen LogP contribution in [0.2, 0.25) is 0 Å². The van der Waals surface area contributed by atoms with Crippen molar-refractivity contribution in [3.8, 4) is 0 Å². The first-order valence-electron chi connectivity index (χ1n) is 5.11. The quantitative estimate of drug-likeness (QED) is 0.441. The molecule has 3 atom stereocenters. The highest BCUT2D eigenvalue weighted by Crippen LogP contribution is 2.45. The second-order valence-corrected chi connectivity index (χ2v) is 4.49. The molecule has 2 bridgehead atoms. The molecule has 2 aliphatic rings. The lowest BCUT2D eigenvalue weighted by Gasteiger charge is -2.31. The van der Waals surface area contributed by atoms with Crippen LogP contribution in [0.25, 0.3) is 0 Å². The first-order chi connectivity index (χ1) is 7.13. The summed E-state index contributed by atoms with van der Waals surface area (Å²) in [5.41, 5.74) is -1.31. The average Bonchev–Trinajstić information content (AvgIpc) is 2.37. The molecule has 0 spiro atoms. The van der Waals surface area contributed by atoms with Crippen molar-refractivity contribution in [2.75, 3.05) is 5.88 Å². The Morgan fingerprint density at radius 3 is 2.93 bits per heavy atom. The van der Waals surface area contributed by atoms with E-state index in [0.717, 1.165) is 0 Å². The van der Waals surface area contributed by atoms with Crippen molar-refractivity contribution in [3.05, 3.63) is 0 Å². The van der Waals surface area contributed by atoms with Crippen LogP contribution >= 0.6 is 11.6 Å². The number of alkyl halides is 1. The van der Waals surface area contributed by atoms with Crippen molar-refractivity contribution in [2.24, 2.45) is 5.41 Å². The largest absolute Gasteiger partial charge is 0.459 e. The summed E-state index contributed by atoms with van der Waals surface area (Å²) in [5, 5.41) is 9.92. The molecule has 1 saturated carbocycles. The first-order valence-corrected chi connectivity index (χ1v) is 5.65. The molecule has 1 saturated heterocycles. The van der Waals surface area contributed by atoms with Gasteiger partial charge < -0.3 is 9.84 Å². The van der Waals surface area contributed by atoms with Crippen LogP contribution < -0.4 is 0 Å². The van der Waals surface area contributed by atoms with E-state index >= 15 is 0 Å². The molecule has 15 heavy (non-hydrogen) atoms. The third kappa shape index (κ3) is 1.39. The lowest BCUT2D eigenvalue weighted by atomic mass is 9.69. The minimum Gasteiger partial charge on any atom is -0.459 e. The van der Waals surface area contributed by atoms with Crippen molar-refractivity contribution < 1.29 is 19.4 Å². The maximum atomic E-state index is 11.8. The van der Waals surface area contributed by atoms with Gasteiger partial charge in [-0.1, -0.05) is 0 Å². The van der Waals surface area contributed by atoms with E-state index in [-0.39, 0.29) is 5.78 Å². The summed E-state index contributed by atoms with van der Waals surface area (Å²) in [6.07, 6.45) is 0.113. The first kappa shape index (κ1) is 10.9. The van der Waals surface area contributed by atoms with Gasteiger partial charge >= 0.3 is 5.97 Å². The van der Waals surface area contributed by atoms with Crippen molar-refractivity contribution in [1.29, 1.82) is 0 Å². The highest BCUT2D eigenvalue weighted by Gasteiger charge is 2.63. The van der Waals surface area contributed by atoms with Crippen molar-refractivity contribution in [3.63, 3.8) is 0 Å². The van der Waals surface area contributed by atoms with Gasteiger partial charge in [0, 0.05) is 12.3 Å². The summed E-state index contributed by atoms with van der Waals surface area (Å²) in [7, 11) is 0. The molecule has 1 aliphatic heterocycles. The van der Waals surface area contributed by atoms with Gasteiger partial charge in [-0.2, -0.15) is 0 Å². The normalized spacial score (nSPS) is 39.3. The monoisotopic (exact) mass is 232 g/mol. The molecule has 0 aromatic heterocycles. The topological polar surface area (TPSA) is 63.6 Å². The van der Waals surface area contributed by atoms with Crippen LogP contribution in [0.5, 0.6) is 0 Å². The molecule has 84 valence electrons. The smallest absolute Gasteiger partial charge is 0.322 e. The second kappa shape index (κ2) is 3.76. The van der Waals surface area contributed by atoms with E-state index < -0.39 is 23.6 Å². The Kier molecular flexibility index (Phi) is 2.73. The standard InChI is InChI=1S/C10H13ClO4/c11-5-1-4-10-7(12)3-2-6(8(10)13)15-9(10)14/h6,8,13H,1-5H2/t6-,8+,10+/m0/s1. The zero-order valence-corrected chi connectivity index (χ0v) is 9.00. The number of halogens is 1. The van der Waals surface area contributed by atoms with Gasteiger partial charge in [0.1, 0.15) is 12.2 Å².